The molecule has 2 rings (SSSR count). The monoisotopic (exact) mass is 322 g/mol. The van der Waals surface area contributed by atoms with Crippen LogP contribution in [0.1, 0.15) is 4.88 Å². The molecule has 2 heterocycles. The van der Waals surface area contributed by atoms with Gasteiger partial charge in [-0.1, -0.05) is 0 Å². The summed E-state index contributed by atoms with van der Waals surface area (Å²) in [6, 6.07) is 3.55. The van der Waals surface area contributed by atoms with Crippen LogP contribution >= 0.6 is 11.3 Å². The highest BCUT2D eigenvalue weighted by Crippen LogP contribution is 2.25. The highest BCUT2D eigenvalue weighted by molar-refractivity contribution is 7.91. The molecular weight excluding hydrogens is 304 g/mol. The van der Waals surface area contributed by atoms with Crippen molar-refractivity contribution in [2.24, 2.45) is 0 Å². The Labute approximate surface area is 120 Å². The average Bonchev–Trinajstić information content (AvgIpc) is 2.86. The van der Waals surface area contributed by atoms with Gasteiger partial charge in [-0.25, -0.2) is 8.42 Å². The van der Waals surface area contributed by atoms with Gasteiger partial charge in [0.25, 0.3) is 10.0 Å². The molecule has 108 valence electrons. The molecule has 0 radical (unpaired) electrons. The molecule has 0 aromatic carbocycles. The molecular formula is C11H18N2O3S3. The van der Waals surface area contributed by atoms with Gasteiger partial charge in [0.1, 0.15) is 4.21 Å². The number of hydrogen-bond acceptors (Lipinski definition) is 5. The fourth-order valence-corrected chi connectivity index (χ4v) is 6.10. The summed E-state index contributed by atoms with van der Waals surface area (Å²) in [5, 5.41) is 3.05. The number of likely N-dealkylation sites (N-methyl/N-ethyl adjacent to an activating group) is 1. The smallest absolute Gasteiger partial charge is 0.252 e. The summed E-state index contributed by atoms with van der Waals surface area (Å²) in [6.07, 6.45) is 0.834. The Kier molecular flexibility index (Phi) is 5.13. The third kappa shape index (κ3) is 3.63. The lowest BCUT2D eigenvalue weighted by molar-refractivity contribution is 0.440. The number of thiophene rings is 1. The normalized spacial score (nSPS) is 18.8. The minimum absolute atomic E-state index is 0.360. The van der Waals surface area contributed by atoms with Crippen LogP contribution < -0.4 is 5.32 Å². The van der Waals surface area contributed by atoms with Gasteiger partial charge in [0.2, 0.25) is 0 Å². The van der Waals surface area contributed by atoms with Gasteiger partial charge >= 0.3 is 0 Å². The van der Waals surface area contributed by atoms with Crippen molar-refractivity contribution in [3.05, 3.63) is 17.0 Å². The third-order valence-electron chi connectivity index (χ3n) is 2.99. The van der Waals surface area contributed by atoms with Gasteiger partial charge in [-0.05, 0) is 32.1 Å². The fraction of sp³-hybridized carbons (Fsp3) is 0.636. The molecule has 1 N–H and O–H groups in total. The maximum absolute atomic E-state index is 12.4. The van der Waals surface area contributed by atoms with E-state index < -0.39 is 20.8 Å². The van der Waals surface area contributed by atoms with Crippen LogP contribution in [0.15, 0.2) is 16.3 Å². The summed E-state index contributed by atoms with van der Waals surface area (Å²) in [5.41, 5.74) is 0. The third-order valence-corrected chi connectivity index (χ3v) is 7.78. The van der Waals surface area contributed by atoms with Gasteiger partial charge in [-0.2, -0.15) is 4.31 Å². The zero-order chi connectivity index (χ0) is 13.9. The first-order valence-electron chi connectivity index (χ1n) is 6.12. The van der Waals surface area contributed by atoms with E-state index in [9.17, 15) is 12.6 Å². The summed E-state index contributed by atoms with van der Waals surface area (Å²) in [4.78, 5) is 1.06. The first-order valence-corrected chi connectivity index (χ1v) is 9.87. The predicted octanol–water partition coefficient (Wildman–Crippen LogP) is 0.263. The van der Waals surface area contributed by atoms with Crippen molar-refractivity contribution in [1.29, 1.82) is 0 Å². The summed E-state index contributed by atoms with van der Waals surface area (Å²) in [5.74, 6) is 0.883. The summed E-state index contributed by atoms with van der Waals surface area (Å²) in [6.45, 7) is 1.56. The average molecular weight is 322 g/mol. The van der Waals surface area contributed by atoms with E-state index >= 15 is 0 Å². The predicted molar refractivity (Wildman–Crippen MR) is 78.6 cm³/mol. The second-order valence-corrected chi connectivity index (χ2v) is 9.36. The molecule has 1 saturated heterocycles. The Hall–Kier alpha value is -0.280. The minimum atomic E-state index is -3.39. The zero-order valence-corrected chi connectivity index (χ0v) is 13.2. The highest BCUT2D eigenvalue weighted by atomic mass is 32.2. The summed E-state index contributed by atoms with van der Waals surface area (Å²) < 4.78 is 37.9. The van der Waals surface area contributed by atoms with Gasteiger partial charge in [0.15, 0.2) is 0 Å². The lowest BCUT2D eigenvalue weighted by atomic mass is 10.3. The van der Waals surface area contributed by atoms with Gasteiger partial charge in [0.05, 0.1) is 0 Å². The van der Waals surface area contributed by atoms with Crippen LogP contribution in [-0.2, 0) is 27.2 Å². The Balaban J connectivity index is 2.10. The SMILES string of the molecule is CNCCc1ccc(S(=O)(=O)N2CCS(=O)CC2)s1. The first kappa shape index (κ1) is 15.1. The second kappa shape index (κ2) is 6.45. The number of sulfonamides is 1. The molecule has 8 heteroatoms. The van der Waals surface area contributed by atoms with Gasteiger partial charge < -0.3 is 5.32 Å². The Bertz CT molecular complexity index is 543. The second-order valence-electron chi connectivity index (χ2n) is 4.33. The molecule has 1 aliphatic rings. The Morgan fingerprint density at radius 1 is 1.37 bits per heavy atom. The quantitative estimate of drug-likeness (QED) is 0.845. The van der Waals surface area contributed by atoms with Crippen molar-refractivity contribution in [1.82, 2.24) is 9.62 Å². The molecule has 1 fully saturated rings. The molecule has 0 saturated carbocycles. The zero-order valence-electron chi connectivity index (χ0n) is 10.8. The first-order chi connectivity index (χ1) is 9.04. The van der Waals surface area contributed by atoms with Crippen molar-refractivity contribution >= 4 is 32.2 Å². The molecule has 0 atom stereocenters. The van der Waals surface area contributed by atoms with Crippen LogP contribution in [0.2, 0.25) is 0 Å². The minimum Gasteiger partial charge on any atom is -0.319 e. The molecule has 0 spiro atoms. The van der Waals surface area contributed by atoms with Crippen LogP contribution in [0.25, 0.3) is 0 Å². The number of hydrogen-bond donors (Lipinski definition) is 1. The van der Waals surface area contributed by atoms with Crippen molar-refractivity contribution in [2.75, 3.05) is 38.2 Å². The fourth-order valence-electron chi connectivity index (χ4n) is 1.87. The Morgan fingerprint density at radius 2 is 2.05 bits per heavy atom. The standard InChI is InChI=1S/C11H18N2O3S3/c1-12-5-4-10-2-3-11(17-10)19(15,16)13-6-8-18(14)9-7-13/h2-3,12H,4-9H2,1H3. The topological polar surface area (TPSA) is 66.5 Å². The molecule has 0 aliphatic carbocycles. The van der Waals surface area contributed by atoms with E-state index in [1.54, 1.807) is 6.07 Å². The lowest BCUT2D eigenvalue weighted by Crippen LogP contribution is -2.41. The molecule has 0 unspecified atom stereocenters. The maximum atomic E-state index is 12.4. The lowest BCUT2D eigenvalue weighted by Gasteiger charge is -2.24. The largest absolute Gasteiger partial charge is 0.319 e. The summed E-state index contributed by atoms with van der Waals surface area (Å²) >= 11 is 1.33. The van der Waals surface area contributed by atoms with Crippen LogP contribution in [-0.4, -0.2) is 55.1 Å². The van der Waals surface area contributed by atoms with E-state index in [0.29, 0.717) is 28.8 Å². The van der Waals surface area contributed by atoms with Crippen LogP contribution in [0.4, 0.5) is 0 Å². The van der Waals surface area contributed by atoms with E-state index in [1.807, 2.05) is 13.1 Å². The van der Waals surface area contributed by atoms with E-state index in [2.05, 4.69) is 5.32 Å². The van der Waals surface area contributed by atoms with E-state index in [0.717, 1.165) is 17.8 Å². The molecule has 1 aromatic rings. The molecule has 1 aromatic heterocycles. The molecule has 19 heavy (non-hydrogen) atoms. The number of rotatable bonds is 5. The van der Waals surface area contributed by atoms with E-state index in [-0.39, 0.29) is 0 Å². The maximum Gasteiger partial charge on any atom is 0.252 e. The summed E-state index contributed by atoms with van der Waals surface area (Å²) in [7, 11) is -2.38. The van der Waals surface area contributed by atoms with Crippen LogP contribution in [0.5, 0.6) is 0 Å². The van der Waals surface area contributed by atoms with Crippen molar-refractivity contribution in [3.8, 4) is 0 Å². The van der Waals surface area contributed by atoms with E-state index in [4.69, 9.17) is 0 Å². The molecule has 0 amide bonds. The van der Waals surface area contributed by atoms with Gasteiger partial charge in [0, 0.05) is 40.3 Å². The molecule has 0 bridgehead atoms. The van der Waals surface area contributed by atoms with Crippen LogP contribution in [0, 0.1) is 0 Å². The Morgan fingerprint density at radius 3 is 2.68 bits per heavy atom. The van der Waals surface area contributed by atoms with E-state index in [1.165, 1.54) is 15.6 Å². The van der Waals surface area contributed by atoms with Gasteiger partial charge in [-0.15, -0.1) is 11.3 Å². The van der Waals surface area contributed by atoms with Crippen molar-refractivity contribution in [3.63, 3.8) is 0 Å². The van der Waals surface area contributed by atoms with Gasteiger partial charge in [-0.3, -0.25) is 4.21 Å². The number of nitrogens with one attached hydrogen (secondary N) is 1. The van der Waals surface area contributed by atoms with Crippen molar-refractivity contribution < 1.29 is 12.6 Å². The highest BCUT2D eigenvalue weighted by Gasteiger charge is 2.29. The molecule has 1 aliphatic heterocycles. The molecule has 5 nitrogen and oxygen atoms in total. The van der Waals surface area contributed by atoms with Crippen molar-refractivity contribution in [2.45, 2.75) is 10.6 Å². The number of nitrogens with zero attached hydrogens (tertiary/aromatic N) is 1. The van der Waals surface area contributed by atoms with Crippen LogP contribution in [0.3, 0.4) is 0 Å².